The van der Waals surface area contributed by atoms with Crippen LogP contribution in [0, 0.1) is 11.3 Å². The second kappa shape index (κ2) is 11.9. The van der Waals surface area contributed by atoms with E-state index in [1.165, 1.54) is 11.8 Å². The number of thioether (sulfide) groups is 1. The average molecular weight is 492 g/mol. The first-order valence-corrected chi connectivity index (χ1v) is 12.7. The molecular formula is C26H29N5O3S. The van der Waals surface area contributed by atoms with Gasteiger partial charge in [-0.2, -0.15) is 5.26 Å². The number of nitrogens with zero attached hydrogens (tertiary/aromatic N) is 4. The summed E-state index contributed by atoms with van der Waals surface area (Å²) < 4.78 is 13.3. The van der Waals surface area contributed by atoms with E-state index in [4.69, 9.17) is 9.47 Å². The van der Waals surface area contributed by atoms with Crippen molar-refractivity contribution in [3.05, 3.63) is 60.4 Å². The van der Waals surface area contributed by atoms with E-state index < -0.39 is 5.54 Å². The Bertz CT molecular complexity index is 1170. The van der Waals surface area contributed by atoms with Crippen molar-refractivity contribution < 1.29 is 14.3 Å². The van der Waals surface area contributed by atoms with Crippen LogP contribution in [-0.4, -0.2) is 45.7 Å². The van der Waals surface area contributed by atoms with Gasteiger partial charge < -0.3 is 19.4 Å². The topological polar surface area (TPSA) is 102 Å². The average Bonchev–Trinajstić information content (AvgIpc) is 3.52. The maximum Gasteiger partial charge on any atom is 0.231 e. The highest BCUT2D eigenvalue weighted by molar-refractivity contribution is 7.99. The van der Waals surface area contributed by atoms with E-state index in [-0.39, 0.29) is 18.3 Å². The van der Waals surface area contributed by atoms with Crippen LogP contribution in [0.3, 0.4) is 0 Å². The molecule has 2 aromatic carbocycles. The van der Waals surface area contributed by atoms with Gasteiger partial charge in [0.25, 0.3) is 0 Å². The minimum atomic E-state index is -0.730. The van der Waals surface area contributed by atoms with Gasteiger partial charge in [0.2, 0.25) is 5.91 Å². The van der Waals surface area contributed by atoms with Gasteiger partial charge in [-0.25, -0.2) is 0 Å². The molecule has 8 nitrogen and oxygen atoms in total. The number of ether oxygens (including phenoxy) is 2. The number of amides is 1. The van der Waals surface area contributed by atoms with Gasteiger partial charge in [0.05, 0.1) is 18.4 Å². The zero-order valence-corrected chi connectivity index (χ0v) is 20.6. The van der Waals surface area contributed by atoms with E-state index in [1.54, 1.807) is 7.11 Å². The van der Waals surface area contributed by atoms with Crippen molar-refractivity contribution in [1.82, 2.24) is 20.1 Å². The van der Waals surface area contributed by atoms with Crippen LogP contribution in [0.4, 0.5) is 0 Å². The standard InChI is InChI=1S/C26H29N5O3S/c1-33-16-15-31-23(17-34-22-12-6-5-11-21(22)20-9-3-2-4-10-20)29-30-25(31)35-18-24(32)28-26(19-27)13-7-8-14-26/h2-6,9-12H,7-8,13-18H2,1H3,(H,28,32). The third kappa shape index (κ3) is 6.21. The Hall–Kier alpha value is -3.35. The summed E-state index contributed by atoms with van der Waals surface area (Å²) in [6, 6.07) is 20.3. The lowest BCUT2D eigenvalue weighted by atomic mass is 10.0. The molecule has 0 unspecified atom stereocenters. The van der Waals surface area contributed by atoms with E-state index >= 15 is 0 Å². The SMILES string of the molecule is COCCn1c(COc2ccccc2-c2ccccc2)nnc1SCC(=O)NC1(C#N)CCCC1. The van der Waals surface area contributed by atoms with Gasteiger partial charge in [-0.05, 0) is 37.3 Å². The molecule has 1 amide bonds. The molecule has 0 aliphatic heterocycles. The smallest absolute Gasteiger partial charge is 0.231 e. The maximum absolute atomic E-state index is 12.6. The van der Waals surface area contributed by atoms with Crippen molar-refractivity contribution >= 4 is 17.7 Å². The van der Waals surface area contributed by atoms with Crippen LogP contribution >= 0.6 is 11.8 Å². The van der Waals surface area contributed by atoms with Crippen molar-refractivity contribution in [1.29, 1.82) is 5.26 Å². The van der Waals surface area contributed by atoms with Gasteiger partial charge in [0.1, 0.15) is 17.9 Å². The Labute approximate surface area is 209 Å². The predicted octanol–water partition coefficient (Wildman–Crippen LogP) is 4.22. The zero-order valence-electron chi connectivity index (χ0n) is 19.8. The van der Waals surface area contributed by atoms with Crippen molar-refractivity contribution in [2.24, 2.45) is 0 Å². The molecule has 0 spiro atoms. The van der Waals surface area contributed by atoms with Gasteiger partial charge in [-0.1, -0.05) is 60.3 Å². The number of nitriles is 1. The van der Waals surface area contributed by atoms with Gasteiger partial charge in [-0.15, -0.1) is 10.2 Å². The number of hydrogen-bond donors (Lipinski definition) is 1. The minimum Gasteiger partial charge on any atom is -0.485 e. The summed E-state index contributed by atoms with van der Waals surface area (Å²) in [5.74, 6) is 1.39. The highest BCUT2D eigenvalue weighted by Crippen LogP contribution is 2.31. The number of nitrogens with one attached hydrogen (secondary N) is 1. The molecule has 0 radical (unpaired) electrons. The number of rotatable bonds is 11. The van der Waals surface area contributed by atoms with E-state index in [1.807, 2.05) is 59.2 Å². The highest BCUT2D eigenvalue weighted by atomic mass is 32.2. The van der Waals surface area contributed by atoms with Crippen LogP contribution < -0.4 is 10.1 Å². The molecule has 1 saturated carbocycles. The largest absolute Gasteiger partial charge is 0.485 e. The lowest BCUT2D eigenvalue weighted by Gasteiger charge is -2.21. The van der Waals surface area contributed by atoms with Crippen molar-refractivity contribution in [3.8, 4) is 22.9 Å². The first kappa shape index (κ1) is 24.8. The Morgan fingerprint density at radius 3 is 2.63 bits per heavy atom. The fourth-order valence-corrected chi connectivity index (χ4v) is 4.99. The first-order chi connectivity index (χ1) is 17.1. The summed E-state index contributed by atoms with van der Waals surface area (Å²) in [6.07, 6.45) is 3.33. The number of benzene rings is 2. The number of methoxy groups -OCH3 is 1. The van der Waals surface area contributed by atoms with Crippen LogP contribution in [0.2, 0.25) is 0 Å². The monoisotopic (exact) mass is 491 g/mol. The molecule has 1 heterocycles. The molecule has 0 saturated heterocycles. The second-order valence-corrected chi connectivity index (χ2v) is 9.37. The van der Waals surface area contributed by atoms with Gasteiger partial charge in [0.15, 0.2) is 11.0 Å². The molecule has 182 valence electrons. The van der Waals surface area contributed by atoms with E-state index in [0.29, 0.717) is 37.0 Å². The van der Waals surface area contributed by atoms with Gasteiger partial charge in [0, 0.05) is 19.2 Å². The molecule has 9 heteroatoms. The number of carbonyl (C=O) groups excluding carboxylic acids is 1. The van der Waals surface area contributed by atoms with E-state index in [9.17, 15) is 10.1 Å². The lowest BCUT2D eigenvalue weighted by molar-refractivity contribution is -0.119. The van der Waals surface area contributed by atoms with Crippen LogP contribution in [0.15, 0.2) is 59.8 Å². The van der Waals surface area contributed by atoms with E-state index in [0.717, 1.165) is 29.7 Å². The summed E-state index contributed by atoms with van der Waals surface area (Å²) in [7, 11) is 1.64. The molecule has 1 N–H and O–H groups in total. The summed E-state index contributed by atoms with van der Waals surface area (Å²) >= 11 is 1.30. The summed E-state index contributed by atoms with van der Waals surface area (Å²) in [5, 5.41) is 21.7. The maximum atomic E-state index is 12.6. The molecule has 35 heavy (non-hydrogen) atoms. The van der Waals surface area contributed by atoms with Crippen molar-refractivity contribution in [2.45, 2.75) is 49.5 Å². The van der Waals surface area contributed by atoms with Crippen LogP contribution in [-0.2, 0) is 22.7 Å². The minimum absolute atomic E-state index is 0.159. The van der Waals surface area contributed by atoms with Gasteiger partial charge >= 0.3 is 0 Å². The molecular weight excluding hydrogens is 462 g/mol. The quantitative estimate of drug-likeness (QED) is 0.401. The Morgan fingerprint density at radius 2 is 1.89 bits per heavy atom. The Morgan fingerprint density at radius 1 is 1.14 bits per heavy atom. The van der Waals surface area contributed by atoms with Crippen molar-refractivity contribution in [3.63, 3.8) is 0 Å². The number of carbonyl (C=O) groups is 1. The number of aromatic nitrogens is 3. The third-order valence-corrected chi connectivity index (χ3v) is 6.99. The Kier molecular flexibility index (Phi) is 8.40. The molecule has 0 atom stereocenters. The highest BCUT2D eigenvalue weighted by Gasteiger charge is 2.35. The van der Waals surface area contributed by atoms with Gasteiger partial charge in [-0.3, -0.25) is 4.79 Å². The summed E-state index contributed by atoms with van der Waals surface area (Å²) in [5.41, 5.74) is 1.34. The predicted molar refractivity (Wildman–Crippen MR) is 134 cm³/mol. The summed E-state index contributed by atoms with van der Waals surface area (Å²) in [4.78, 5) is 12.6. The molecule has 1 aliphatic rings. The molecule has 4 rings (SSSR count). The van der Waals surface area contributed by atoms with Crippen LogP contribution in [0.25, 0.3) is 11.1 Å². The zero-order chi connectivity index (χ0) is 24.5. The number of hydrogen-bond acceptors (Lipinski definition) is 7. The van der Waals surface area contributed by atoms with Crippen LogP contribution in [0.1, 0.15) is 31.5 Å². The normalized spacial score (nSPS) is 14.4. The van der Waals surface area contributed by atoms with Crippen LogP contribution in [0.5, 0.6) is 5.75 Å². The summed E-state index contributed by atoms with van der Waals surface area (Å²) in [6.45, 7) is 1.24. The second-order valence-electron chi connectivity index (χ2n) is 8.43. The molecule has 1 aromatic heterocycles. The molecule has 1 aliphatic carbocycles. The molecule has 0 bridgehead atoms. The fraction of sp³-hybridized carbons (Fsp3) is 0.385. The molecule has 3 aromatic rings. The molecule has 1 fully saturated rings. The lowest BCUT2D eigenvalue weighted by Crippen LogP contribution is -2.45. The van der Waals surface area contributed by atoms with Crippen molar-refractivity contribution in [2.75, 3.05) is 19.5 Å². The fourth-order valence-electron chi connectivity index (χ4n) is 4.21. The first-order valence-electron chi connectivity index (χ1n) is 11.7. The number of para-hydroxylation sites is 1. The van der Waals surface area contributed by atoms with E-state index in [2.05, 4.69) is 21.6 Å². The third-order valence-electron chi connectivity index (χ3n) is 6.02. The Balaban J connectivity index is 1.44.